The van der Waals surface area contributed by atoms with Crippen LogP contribution < -0.4 is 10.2 Å². The number of carbonyl (C=O) groups excluding carboxylic acids is 1. The van der Waals surface area contributed by atoms with Crippen molar-refractivity contribution in [2.45, 2.75) is 38.6 Å². The zero-order valence-electron chi connectivity index (χ0n) is 13.5. The van der Waals surface area contributed by atoms with E-state index >= 15 is 0 Å². The van der Waals surface area contributed by atoms with Crippen molar-refractivity contribution >= 4 is 17.4 Å². The molecule has 1 aliphatic rings. The molecule has 1 aromatic heterocycles. The van der Waals surface area contributed by atoms with Crippen molar-refractivity contribution < 1.29 is 4.79 Å². The molecule has 1 aromatic carbocycles. The molecule has 1 amide bonds. The third kappa shape index (κ3) is 3.70. The number of rotatable bonds is 4. The topological polar surface area (TPSA) is 45.2 Å². The predicted octanol–water partition coefficient (Wildman–Crippen LogP) is 4.10. The van der Waals surface area contributed by atoms with Gasteiger partial charge in [0.2, 0.25) is 0 Å². The van der Waals surface area contributed by atoms with E-state index in [-0.39, 0.29) is 5.91 Å². The van der Waals surface area contributed by atoms with Gasteiger partial charge < -0.3 is 10.2 Å². The van der Waals surface area contributed by atoms with Gasteiger partial charge >= 0.3 is 0 Å². The van der Waals surface area contributed by atoms with Crippen LogP contribution in [0.4, 0.5) is 11.5 Å². The Hall–Kier alpha value is -2.36. The molecule has 1 aliphatic heterocycles. The number of benzene rings is 1. The highest BCUT2D eigenvalue weighted by Crippen LogP contribution is 2.26. The van der Waals surface area contributed by atoms with Gasteiger partial charge in [0.1, 0.15) is 5.82 Å². The monoisotopic (exact) mass is 309 g/mol. The quantitative estimate of drug-likeness (QED) is 0.924. The highest BCUT2D eigenvalue weighted by Gasteiger charge is 2.21. The van der Waals surface area contributed by atoms with Crippen LogP contribution in [0.1, 0.15) is 43.0 Å². The lowest BCUT2D eigenvalue weighted by Crippen LogP contribution is -2.39. The fourth-order valence-electron chi connectivity index (χ4n) is 3.17. The fraction of sp³-hybridized carbons (Fsp3) is 0.368. The molecule has 0 radical (unpaired) electrons. The molecule has 1 saturated heterocycles. The van der Waals surface area contributed by atoms with Gasteiger partial charge in [-0.3, -0.25) is 4.79 Å². The summed E-state index contributed by atoms with van der Waals surface area (Å²) >= 11 is 0. The van der Waals surface area contributed by atoms with E-state index in [1.807, 2.05) is 30.5 Å². The van der Waals surface area contributed by atoms with Crippen LogP contribution in [-0.4, -0.2) is 23.5 Å². The Morgan fingerprint density at radius 3 is 2.74 bits per heavy atom. The van der Waals surface area contributed by atoms with Crippen LogP contribution in [0.3, 0.4) is 0 Å². The van der Waals surface area contributed by atoms with Crippen molar-refractivity contribution in [3.05, 3.63) is 54.2 Å². The average molecular weight is 309 g/mol. The van der Waals surface area contributed by atoms with Gasteiger partial charge in [-0.1, -0.05) is 25.1 Å². The second-order valence-electron chi connectivity index (χ2n) is 5.97. The van der Waals surface area contributed by atoms with Crippen LogP contribution >= 0.6 is 0 Å². The summed E-state index contributed by atoms with van der Waals surface area (Å²) < 4.78 is 0. The molecule has 1 fully saturated rings. The third-order valence-corrected chi connectivity index (χ3v) is 4.46. The number of nitrogens with one attached hydrogen (secondary N) is 1. The number of pyridine rings is 1. The Morgan fingerprint density at radius 2 is 2.04 bits per heavy atom. The number of anilines is 2. The average Bonchev–Trinajstić information content (AvgIpc) is 2.63. The van der Waals surface area contributed by atoms with Gasteiger partial charge in [0.25, 0.3) is 5.91 Å². The summed E-state index contributed by atoms with van der Waals surface area (Å²) in [6, 6.07) is 13.7. The number of amides is 1. The summed E-state index contributed by atoms with van der Waals surface area (Å²) in [6.45, 7) is 3.33. The van der Waals surface area contributed by atoms with Gasteiger partial charge in [-0.2, -0.15) is 0 Å². The molecule has 1 unspecified atom stereocenters. The van der Waals surface area contributed by atoms with E-state index < -0.39 is 0 Å². The Kier molecular flexibility index (Phi) is 4.91. The SMILES string of the molecule is CCC1CCCCN1c1ccc(NC(=O)c2ccccc2)nc1. The Morgan fingerprint density at radius 1 is 1.22 bits per heavy atom. The first-order valence-electron chi connectivity index (χ1n) is 8.37. The van der Waals surface area contributed by atoms with E-state index in [9.17, 15) is 4.79 Å². The molecule has 2 heterocycles. The van der Waals surface area contributed by atoms with E-state index in [2.05, 4.69) is 28.2 Å². The highest BCUT2D eigenvalue weighted by molar-refractivity contribution is 6.03. The first-order valence-corrected chi connectivity index (χ1v) is 8.37. The van der Waals surface area contributed by atoms with Crippen LogP contribution in [0.25, 0.3) is 0 Å². The van der Waals surface area contributed by atoms with Crippen LogP contribution in [0.15, 0.2) is 48.7 Å². The number of hydrogen-bond donors (Lipinski definition) is 1. The molecular weight excluding hydrogens is 286 g/mol. The molecule has 2 aromatic rings. The van der Waals surface area contributed by atoms with Crippen molar-refractivity contribution in [1.29, 1.82) is 0 Å². The van der Waals surface area contributed by atoms with Crippen molar-refractivity contribution in [3.8, 4) is 0 Å². The standard InChI is InChI=1S/C19H23N3O/c1-2-16-10-6-7-13-22(16)17-11-12-18(20-14-17)21-19(23)15-8-4-3-5-9-15/h3-5,8-9,11-12,14,16H,2,6-7,10,13H2,1H3,(H,20,21,23). The number of hydrogen-bond acceptors (Lipinski definition) is 3. The molecule has 0 bridgehead atoms. The summed E-state index contributed by atoms with van der Waals surface area (Å²) in [5.74, 6) is 0.461. The zero-order chi connectivity index (χ0) is 16.1. The second kappa shape index (κ2) is 7.27. The van der Waals surface area contributed by atoms with Crippen molar-refractivity contribution in [2.24, 2.45) is 0 Å². The minimum absolute atomic E-state index is 0.129. The first kappa shape index (κ1) is 15.5. The summed E-state index contributed by atoms with van der Waals surface area (Å²) in [4.78, 5) is 19.0. The maximum Gasteiger partial charge on any atom is 0.256 e. The smallest absolute Gasteiger partial charge is 0.256 e. The van der Waals surface area contributed by atoms with E-state index in [1.54, 1.807) is 12.1 Å². The Labute approximate surface area is 137 Å². The van der Waals surface area contributed by atoms with E-state index in [0.29, 0.717) is 17.4 Å². The molecule has 4 nitrogen and oxygen atoms in total. The third-order valence-electron chi connectivity index (χ3n) is 4.46. The summed E-state index contributed by atoms with van der Waals surface area (Å²) in [7, 11) is 0. The van der Waals surface area contributed by atoms with Crippen LogP contribution in [0.2, 0.25) is 0 Å². The minimum atomic E-state index is -0.129. The second-order valence-corrected chi connectivity index (χ2v) is 5.97. The van der Waals surface area contributed by atoms with Gasteiger partial charge in [-0.05, 0) is 49.9 Å². The summed E-state index contributed by atoms with van der Waals surface area (Å²) in [6.07, 6.45) is 6.83. The Balaban J connectivity index is 1.68. The predicted molar refractivity (Wildman–Crippen MR) is 93.9 cm³/mol. The van der Waals surface area contributed by atoms with Crippen molar-refractivity contribution in [3.63, 3.8) is 0 Å². The molecule has 23 heavy (non-hydrogen) atoms. The lowest BCUT2D eigenvalue weighted by Gasteiger charge is -2.37. The number of carbonyl (C=O) groups is 1. The van der Waals surface area contributed by atoms with Crippen LogP contribution in [0.5, 0.6) is 0 Å². The molecule has 120 valence electrons. The highest BCUT2D eigenvalue weighted by atomic mass is 16.1. The lowest BCUT2D eigenvalue weighted by molar-refractivity contribution is 0.102. The number of piperidine rings is 1. The van der Waals surface area contributed by atoms with Gasteiger partial charge in [0.05, 0.1) is 11.9 Å². The molecule has 1 N–H and O–H groups in total. The van der Waals surface area contributed by atoms with Crippen molar-refractivity contribution in [2.75, 3.05) is 16.8 Å². The van der Waals surface area contributed by atoms with Crippen molar-refractivity contribution in [1.82, 2.24) is 4.98 Å². The molecule has 0 aliphatic carbocycles. The van der Waals surface area contributed by atoms with Gasteiger partial charge in [-0.25, -0.2) is 4.98 Å². The minimum Gasteiger partial charge on any atom is -0.367 e. The molecule has 1 atom stereocenters. The number of nitrogens with zero attached hydrogens (tertiary/aromatic N) is 2. The van der Waals surface area contributed by atoms with Crippen LogP contribution in [-0.2, 0) is 0 Å². The molecular formula is C19H23N3O. The number of aromatic nitrogens is 1. The summed E-state index contributed by atoms with van der Waals surface area (Å²) in [5, 5.41) is 2.84. The fourth-order valence-corrected chi connectivity index (χ4v) is 3.17. The molecule has 0 saturated carbocycles. The van der Waals surface area contributed by atoms with E-state index in [0.717, 1.165) is 18.7 Å². The summed E-state index contributed by atoms with van der Waals surface area (Å²) in [5.41, 5.74) is 1.79. The van der Waals surface area contributed by atoms with E-state index in [4.69, 9.17) is 0 Å². The van der Waals surface area contributed by atoms with Gasteiger partial charge in [0.15, 0.2) is 0 Å². The normalized spacial score (nSPS) is 17.8. The maximum atomic E-state index is 12.1. The molecule has 0 spiro atoms. The maximum absolute atomic E-state index is 12.1. The molecule has 3 rings (SSSR count). The first-order chi connectivity index (χ1) is 11.3. The van der Waals surface area contributed by atoms with E-state index in [1.165, 1.54) is 19.3 Å². The van der Waals surface area contributed by atoms with Gasteiger partial charge in [0, 0.05) is 18.2 Å². The lowest BCUT2D eigenvalue weighted by atomic mass is 9.99. The Bertz CT molecular complexity index is 639. The van der Waals surface area contributed by atoms with Gasteiger partial charge in [-0.15, -0.1) is 0 Å². The van der Waals surface area contributed by atoms with Crippen LogP contribution in [0, 0.1) is 0 Å². The largest absolute Gasteiger partial charge is 0.367 e. The molecule has 4 heteroatoms. The zero-order valence-corrected chi connectivity index (χ0v) is 13.5.